The summed E-state index contributed by atoms with van der Waals surface area (Å²) >= 11 is 0. The Kier molecular flexibility index (Phi) is 2.95. The first-order valence-corrected chi connectivity index (χ1v) is 2.52. The molecule has 0 aromatic heterocycles. The second-order valence-electron chi connectivity index (χ2n) is 1.76. The SMILES string of the molecule is FC(F)(F)/C=C\CC(F)(F)F. The molecule has 0 fully saturated rings. The standard InChI is InChI=1S/C5H4F6/c6-4(7,8)2-1-3-5(9,10)11/h1-2H,3H2/b2-1-. The predicted molar refractivity (Wildman–Crippen MR) is 25.9 cm³/mol. The van der Waals surface area contributed by atoms with Crippen molar-refractivity contribution in [3.05, 3.63) is 12.2 Å². The molecular formula is C5H4F6. The van der Waals surface area contributed by atoms with Crippen LogP contribution >= 0.6 is 0 Å². The Morgan fingerprint density at radius 2 is 1.36 bits per heavy atom. The molecule has 0 N–H and O–H groups in total. The van der Waals surface area contributed by atoms with Gasteiger partial charge in [-0.15, -0.1) is 0 Å². The van der Waals surface area contributed by atoms with Crippen LogP contribution in [0.1, 0.15) is 6.42 Å². The third-order valence-corrected chi connectivity index (χ3v) is 0.656. The lowest BCUT2D eigenvalue weighted by Crippen LogP contribution is -2.06. The van der Waals surface area contributed by atoms with E-state index in [-0.39, 0.29) is 6.08 Å². The Morgan fingerprint density at radius 3 is 1.64 bits per heavy atom. The number of halogens is 6. The van der Waals surface area contributed by atoms with Gasteiger partial charge in [-0.2, -0.15) is 26.3 Å². The predicted octanol–water partition coefficient (Wildman–Crippen LogP) is 3.06. The second-order valence-corrected chi connectivity index (χ2v) is 1.76. The van der Waals surface area contributed by atoms with Crippen molar-refractivity contribution in [1.82, 2.24) is 0 Å². The molecule has 0 saturated carbocycles. The molecule has 0 rings (SSSR count). The first kappa shape index (κ1) is 10.3. The van der Waals surface area contributed by atoms with E-state index in [0.717, 1.165) is 0 Å². The van der Waals surface area contributed by atoms with Gasteiger partial charge in [-0.05, 0) is 0 Å². The first-order valence-electron chi connectivity index (χ1n) is 2.52. The van der Waals surface area contributed by atoms with Gasteiger partial charge < -0.3 is 0 Å². The average molecular weight is 178 g/mol. The van der Waals surface area contributed by atoms with Crippen LogP contribution in [0, 0.1) is 0 Å². The van der Waals surface area contributed by atoms with Gasteiger partial charge in [-0.3, -0.25) is 0 Å². The van der Waals surface area contributed by atoms with Gasteiger partial charge in [0.15, 0.2) is 0 Å². The van der Waals surface area contributed by atoms with Crippen LogP contribution in [0.15, 0.2) is 12.2 Å². The fourth-order valence-corrected chi connectivity index (χ4v) is 0.326. The van der Waals surface area contributed by atoms with E-state index < -0.39 is 24.8 Å². The van der Waals surface area contributed by atoms with Crippen LogP contribution in [0.25, 0.3) is 0 Å². The molecule has 0 atom stereocenters. The molecule has 0 aromatic rings. The zero-order chi connectivity index (χ0) is 9.12. The zero-order valence-electron chi connectivity index (χ0n) is 5.13. The van der Waals surface area contributed by atoms with Crippen LogP contribution < -0.4 is 0 Å². The summed E-state index contributed by atoms with van der Waals surface area (Å²) in [6, 6.07) is 0. The molecule has 0 nitrogen and oxygen atoms in total. The molecule has 11 heavy (non-hydrogen) atoms. The molecule has 0 bridgehead atoms. The summed E-state index contributed by atoms with van der Waals surface area (Å²) in [7, 11) is 0. The summed E-state index contributed by atoms with van der Waals surface area (Å²) in [6.07, 6.45) is -11.2. The molecule has 0 aromatic carbocycles. The first-order chi connectivity index (χ1) is 4.71. The summed E-state index contributed by atoms with van der Waals surface area (Å²) in [5, 5.41) is 0. The minimum Gasteiger partial charge on any atom is -0.171 e. The smallest absolute Gasteiger partial charge is 0.171 e. The summed E-state index contributed by atoms with van der Waals surface area (Å²) in [6.45, 7) is 0. The third kappa shape index (κ3) is 9.32. The second kappa shape index (κ2) is 3.15. The lowest BCUT2D eigenvalue weighted by molar-refractivity contribution is -0.125. The fraction of sp³-hybridized carbons (Fsp3) is 0.600. The highest BCUT2D eigenvalue weighted by Gasteiger charge is 2.27. The van der Waals surface area contributed by atoms with Gasteiger partial charge in [0, 0.05) is 6.08 Å². The van der Waals surface area contributed by atoms with Gasteiger partial charge in [-0.1, -0.05) is 6.08 Å². The van der Waals surface area contributed by atoms with Crippen molar-refractivity contribution < 1.29 is 26.3 Å². The molecule has 0 aliphatic heterocycles. The molecule has 0 aliphatic rings. The molecule has 0 saturated heterocycles. The van der Waals surface area contributed by atoms with Crippen molar-refractivity contribution in [3.63, 3.8) is 0 Å². The Morgan fingerprint density at radius 1 is 0.909 bits per heavy atom. The molecule has 0 aliphatic carbocycles. The molecule has 0 spiro atoms. The van der Waals surface area contributed by atoms with E-state index in [1.807, 2.05) is 0 Å². The summed E-state index contributed by atoms with van der Waals surface area (Å²) in [5.74, 6) is 0. The monoisotopic (exact) mass is 178 g/mol. The van der Waals surface area contributed by atoms with Gasteiger partial charge >= 0.3 is 12.4 Å². The summed E-state index contributed by atoms with van der Waals surface area (Å²) in [4.78, 5) is 0. The van der Waals surface area contributed by atoms with Crippen LogP contribution in [0.2, 0.25) is 0 Å². The molecule has 0 amide bonds. The van der Waals surface area contributed by atoms with Crippen LogP contribution in [0.5, 0.6) is 0 Å². The number of alkyl halides is 6. The molecular weight excluding hydrogens is 174 g/mol. The maximum absolute atomic E-state index is 11.2. The Bertz CT molecular complexity index is 138. The number of rotatable bonds is 1. The normalized spacial score (nSPS) is 14.4. The van der Waals surface area contributed by atoms with Crippen molar-refractivity contribution in [1.29, 1.82) is 0 Å². The average Bonchev–Trinajstić information content (AvgIpc) is 1.55. The van der Waals surface area contributed by atoms with E-state index >= 15 is 0 Å². The van der Waals surface area contributed by atoms with Crippen LogP contribution in [0.3, 0.4) is 0 Å². The minimum atomic E-state index is -4.66. The Hall–Kier alpha value is -0.680. The van der Waals surface area contributed by atoms with Crippen molar-refractivity contribution in [2.45, 2.75) is 18.8 Å². The van der Waals surface area contributed by atoms with E-state index in [1.165, 1.54) is 0 Å². The Balaban J connectivity index is 3.80. The van der Waals surface area contributed by atoms with E-state index in [9.17, 15) is 26.3 Å². The van der Waals surface area contributed by atoms with Crippen LogP contribution in [-0.2, 0) is 0 Å². The highest BCUT2D eigenvalue weighted by molar-refractivity contribution is 4.89. The highest BCUT2D eigenvalue weighted by atomic mass is 19.4. The zero-order valence-corrected chi connectivity index (χ0v) is 5.13. The molecule has 0 unspecified atom stereocenters. The lowest BCUT2D eigenvalue weighted by Gasteiger charge is -2.01. The van der Waals surface area contributed by atoms with E-state index in [1.54, 1.807) is 0 Å². The number of allylic oxidation sites excluding steroid dienone is 2. The molecule has 66 valence electrons. The maximum Gasteiger partial charge on any atom is 0.409 e. The van der Waals surface area contributed by atoms with Gasteiger partial charge in [-0.25, -0.2) is 0 Å². The van der Waals surface area contributed by atoms with E-state index in [0.29, 0.717) is 0 Å². The van der Waals surface area contributed by atoms with E-state index in [4.69, 9.17) is 0 Å². The van der Waals surface area contributed by atoms with Crippen LogP contribution in [-0.4, -0.2) is 12.4 Å². The highest BCUT2D eigenvalue weighted by Crippen LogP contribution is 2.22. The van der Waals surface area contributed by atoms with Gasteiger partial charge in [0.25, 0.3) is 0 Å². The summed E-state index contributed by atoms with van der Waals surface area (Å²) < 4.78 is 67.2. The summed E-state index contributed by atoms with van der Waals surface area (Å²) in [5.41, 5.74) is 0. The largest absolute Gasteiger partial charge is 0.409 e. The number of hydrogen-bond donors (Lipinski definition) is 0. The van der Waals surface area contributed by atoms with Gasteiger partial charge in [0.1, 0.15) is 0 Å². The van der Waals surface area contributed by atoms with Crippen LogP contribution in [0.4, 0.5) is 26.3 Å². The minimum absolute atomic E-state index is 0.0417. The number of hydrogen-bond acceptors (Lipinski definition) is 0. The Labute approximate surface area is 58.5 Å². The van der Waals surface area contributed by atoms with Crippen molar-refractivity contribution in [2.75, 3.05) is 0 Å². The topological polar surface area (TPSA) is 0 Å². The maximum atomic E-state index is 11.2. The molecule has 0 heterocycles. The van der Waals surface area contributed by atoms with Gasteiger partial charge in [0.2, 0.25) is 0 Å². The third-order valence-electron chi connectivity index (χ3n) is 0.656. The van der Waals surface area contributed by atoms with Crippen molar-refractivity contribution in [3.8, 4) is 0 Å². The quantitative estimate of drug-likeness (QED) is 0.427. The fourth-order valence-electron chi connectivity index (χ4n) is 0.326. The lowest BCUT2D eigenvalue weighted by atomic mass is 10.3. The van der Waals surface area contributed by atoms with Gasteiger partial charge in [0.05, 0.1) is 6.42 Å². The molecule has 6 heteroatoms. The van der Waals surface area contributed by atoms with Crippen molar-refractivity contribution >= 4 is 0 Å². The van der Waals surface area contributed by atoms with Crippen molar-refractivity contribution in [2.24, 2.45) is 0 Å². The molecule has 0 radical (unpaired) electrons. The van der Waals surface area contributed by atoms with E-state index in [2.05, 4.69) is 0 Å².